The minimum Gasteiger partial charge on any atom is -0.339 e. The van der Waals surface area contributed by atoms with Crippen LogP contribution in [0.25, 0.3) is 43.1 Å². The van der Waals surface area contributed by atoms with Crippen LogP contribution in [0.4, 0.5) is 22.7 Å². The van der Waals surface area contributed by atoms with Gasteiger partial charge in [-0.25, -0.2) is 0 Å². The SMILES string of the molecule is C/C=C/C1(C)/C(=C\C=C\C2=[N+](C)c3ccc4ccc(Br)cc4c3C2(C)Cc2ccccc2)N(Cc2ccc(CN3/C(=C/C=C/C4=[N+](C)c5ccc6ccc(Br)cc6c5C4(C)Cc4ccccc4)C(C)(/C=C/C)c4c3ccc3ccccc43)cc2)c2ccc3ccccc3c21. The van der Waals surface area contributed by atoms with E-state index in [9.17, 15) is 0 Å². The van der Waals surface area contributed by atoms with Gasteiger partial charge in [0.05, 0.1) is 21.7 Å². The standard InChI is InChI=1S/C88H78Br2N4/c1-9-51-85(3)79(33-21-31-77-87(5,55-59-23-13-11-14-24-59)83-71-53-67(89)45-39-65(71)41-47-73(83)91(77)7)93(75-49-43-63-27-17-19-29-69(63)81(75)85)57-61-35-37-62(38-36-61)58-94-76-50-44-64-28-18-20-30-70(64)82(76)86(4,52-10-2)80(94)34-22-32-78-88(6,56-60-25-15-12-16-26-60)84-72-54-68(90)46-40-66(72)42-48-74(84)92(78)8/h9-54H,55-58H2,1-8H3/q+2/b51-9+,52-10+. The molecule has 0 spiro atoms. The highest BCUT2D eigenvalue weighted by Crippen LogP contribution is 2.55. The molecule has 4 unspecified atom stereocenters. The third-order valence-electron chi connectivity index (χ3n) is 21.2. The van der Waals surface area contributed by atoms with Crippen molar-refractivity contribution in [3.8, 4) is 0 Å². The summed E-state index contributed by atoms with van der Waals surface area (Å²) in [4.78, 5) is 5.18. The first-order valence-electron chi connectivity index (χ1n) is 33.1. The first-order chi connectivity index (χ1) is 45.6. The van der Waals surface area contributed by atoms with E-state index in [-0.39, 0.29) is 10.8 Å². The highest BCUT2D eigenvalue weighted by atomic mass is 79.9. The average molecular weight is 1350 g/mol. The van der Waals surface area contributed by atoms with Crippen molar-refractivity contribution in [2.45, 2.75) is 89.1 Å². The molecule has 0 bridgehead atoms. The van der Waals surface area contributed by atoms with Crippen molar-refractivity contribution in [2.75, 3.05) is 23.9 Å². The maximum Gasteiger partial charge on any atom is 0.210 e. The second-order valence-electron chi connectivity index (χ2n) is 27.1. The molecule has 4 atom stereocenters. The molecule has 0 amide bonds. The number of hydrogen-bond acceptors (Lipinski definition) is 2. The summed E-state index contributed by atoms with van der Waals surface area (Å²) < 4.78 is 7.05. The van der Waals surface area contributed by atoms with Crippen LogP contribution in [0, 0.1) is 0 Å². The van der Waals surface area contributed by atoms with Crippen molar-refractivity contribution >= 4 is 109 Å². The number of halogens is 2. The molecule has 0 N–H and O–H groups in total. The van der Waals surface area contributed by atoms with E-state index in [4.69, 9.17) is 0 Å². The Balaban J connectivity index is 0.802. The molecule has 0 saturated carbocycles. The number of allylic oxidation sites excluding steroid dienone is 10. The molecule has 4 aliphatic heterocycles. The fourth-order valence-corrected chi connectivity index (χ4v) is 17.8. The lowest BCUT2D eigenvalue weighted by Gasteiger charge is -2.29. The lowest BCUT2D eigenvalue weighted by Crippen LogP contribution is -2.33. The van der Waals surface area contributed by atoms with Crippen LogP contribution >= 0.6 is 31.9 Å². The zero-order valence-corrected chi connectivity index (χ0v) is 58.1. The third kappa shape index (κ3) is 10.0. The Labute approximate surface area is 571 Å². The minimum atomic E-state index is -0.424. The predicted octanol–water partition coefficient (Wildman–Crippen LogP) is 22.3. The van der Waals surface area contributed by atoms with E-state index in [0.717, 1.165) is 21.8 Å². The van der Waals surface area contributed by atoms with Gasteiger partial charge in [-0.1, -0.05) is 226 Å². The molecule has 0 saturated heterocycles. The summed E-state index contributed by atoms with van der Waals surface area (Å²) in [5.41, 5.74) is 19.1. The maximum atomic E-state index is 3.85. The molecule has 4 heterocycles. The molecule has 94 heavy (non-hydrogen) atoms. The minimum absolute atomic E-state index is 0.314. The molecule has 0 aromatic heterocycles. The van der Waals surface area contributed by atoms with Crippen molar-refractivity contribution in [2.24, 2.45) is 0 Å². The van der Waals surface area contributed by atoms with E-state index in [2.05, 4.69) is 386 Å². The Bertz CT molecular complexity index is 4840. The third-order valence-corrected chi connectivity index (χ3v) is 22.2. The highest BCUT2D eigenvalue weighted by Gasteiger charge is 2.50. The van der Waals surface area contributed by atoms with Gasteiger partial charge in [0, 0.05) is 80.2 Å². The van der Waals surface area contributed by atoms with Gasteiger partial charge in [0.15, 0.2) is 11.4 Å². The van der Waals surface area contributed by atoms with Crippen LogP contribution in [0.15, 0.2) is 299 Å². The van der Waals surface area contributed by atoms with E-state index in [1.165, 1.54) is 133 Å². The van der Waals surface area contributed by atoms with Gasteiger partial charge in [0.2, 0.25) is 11.4 Å². The fraction of sp³-hybridized carbons (Fsp3) is 0.182. The van der Waals surface area contributed by atoms with Gasteiger partial charge in [-0.05, 0) is 192 Å². The fourth-order valence-electron chi connectivity index (χ4n) is 17.1. The summed E-state index contributed by atoms with van der Waals surface area (Å²) in [5, 5.41) is 10.1. The first-order valence-corrected chi connectivity index (χ1v) is 34.7. The zero-order valence-electron chi connectivity index (χ0n) is 54.9. The van der Waals surface area contributed by atoms with Crippen LogP contribution in [-0.2, 0) is 47.6 Å². The van der Waals surface area contributed by atoms with E-state index < -0.39 is 10.8 Å². The van der Waals surface area contributed by atoms with E-state index in [1.54, 1.807) is 0 Å². The number of rotatable bonds is 14. The Kier molecular flexibility index (Phi) is 15.6. The van der Waals surface area contributed by atoms with Crippen LogP contribution in [0.2, 0.25) is 0 Å². The predicted molar refractivity (Wildman–Crippen MR) is 405 cm³/mol. The molecule has 11 aromatic carbocycles. The van der Waals surface area contributed by atoms with Gasteiger partial charge >= 0.3 is 0 Å². The zero-order chi connectivity index (χ0) is 64.7. The van der Waals surface area contributed by atoms with Crippen LogP contribution in [0.1, 0.15) is 86.1 Å². The summed E-state index contributed by atoms with van der Waals surface area (Å²) in [6, 6.07) is 81.3. The van der Waals surface area contributed by atoms with Gasteiger partial charge in [-0.2, -0.15) is 9.15 Å². The molecular formula is C88H78Br2N4+2. The molecule has 15 rings (SSSR count). The summed E-state index contributed by atoms with van der Waals surface area (Å²) in [6.45, 7) is 15.5. The monoisotopic (exact) mass is 1350 g/mol. The molecule has 4 aliphatic rings. The molecular weight excluding hydrogens is 1270 g/mol. The Morgan fingerprint density at radius 2 is 0.745 bits per heavy atom. The maximum absolute atomic E-state index is 3.85. The van der Waals surface area contributed by atoms with Crippen LogP contribution in [-0.4, -0.2) is 34.7 Å². The van der Waals surface area contributed by atoms with Crippen molar-refractivity contribution in [1.82, 2.24) is 0 Å². The lowest BCUT2D eigenvalue weighted by atomic mass is 9.73. The van der Waals surface area contributed by atoms with Crippen molar-refractivity contribution in [3.63, 3.8) is 0 Å². The molecule has 6 heteroatoms. The second-order valence-corrected chi connectivity index (χ2v) is 28.9. The van der Waals surface area contributed by atoms with Crippen LogP contribution in [0.3, 0.4) is 0 Å². The second kappa shape index (κ2) is 24.0. The molecule has 4 nitrogen and oxygen atoms in total. The quantitative estimate of drug-likeness (QED) is 0.0795. The molecule has 0 fully saturated rings. The Morgan fingerprint density at radius 3 is 1.15 bits per heavy atom. The molecule has 11 aromatic rings. The highest BCUT2D eigenvalue weighted by molar-refractivity contribution is 9.10. The Morgan fingerprint density at radius 1 is 0.383 bits per heavy atom. The number of benzene rings is 11. The normalized spacial score (nSPS) is 21.8. The largest absolute Gasteiger partial charge is 0.339 e. The van der Waals surface area contributed by atoms with E-state index >= 15 is 0 Å². The number of anilines is 2. The smallest absolute Gasteiger partial charge is 0.210 e. The first kappa shape index (κ1) is 61.0. The Hall–Kier alpha value is -9.20. The summed E-state index contributed by atoms with van der Waals surface area (Å²) in [5.74, 6) is 0. The number of hydrogen-bond donors (Lipinski definition) is 0. The van der Waals surface area contributed by atoms with Crippen molar-refractivity contribution in [3.05, 3.63) is 344 Å². The number of fused-ring (bicyclic) bond motifs is 12. The topological polar surface area (TPSA) is 12.5 Å². The number of nitrogens with zero attached hydrogens (tertiary/aromatic N) is 4. The summed E-state index contributed by atoms with van der Waals surface area (Å²) in [6.07, 6.45) is 25.4. The van der Waals surface area contributed by atoms with E-state index in [1.807, 2.05) is 0 Å². The van der Waals surface area contributed by atoms with E-state index in [0.29, 0.717) is 13.1 Å². The summed E-state index contributed by atoms with van der Waals surface area (Å²) in [7, 11) is 4.50. The van der Waals surface area contributed by atoms with Crippen LogP contribution < -0.4 is 9.80 Å². The van der Waals surface area contributed by atoms with Gasteiger partial charge in [0.1, 0.15) is 14.1 Å². The van der Waals surface area contributed by atoms with Gasteiger partial charge < -0.3 is 9.80 Å². The van der Waals surface area contributed by atoms with Gasteiger partial charge in [0.25, 0.3) is 0 Å². The van der Waals surface area contributed by atoms with Gasteiger partial charge in [-0.3, -0.25) is 0 Å². The average Bonchev–Trinajstić information content (AvgIpc) is 1.59. The lowest BCUT2D eigenvalue weighted by molar-refractivity contribution is -0.401. The summed E-state index contributed by atoms with van der Waals surface area (Å²) >= 11 is 7.70. The molecule has 0 aliphatic carbocycles. The van der Waals surface area contributed by atoms with Crippen molar-refractivity contribution in [1.29, 1.82) is 0 Å². The van der Waals surface area contributed by atoms with Gasteiger partial charge in [-0.15, -0.1) is 0 Å². The molecule has 0 radical (unpaired) electrons. The molecule has 462 valence electrons. The van der Waals surface area contributed by atoms with Crippen molar-refractivity contribution < 1.29 is 9.15 Å². The van der Waals surface area contributed by atoms with Crippen LogP contribution in [0.5, 0.6) is 0 Å².